The lowest BCUT2D eigenvalue weighted by atomic mass is 9.95. The Kier molecular flexibility index (Phi) is 28.7. The Morgan fingerprint density at radius 2 is 1.06 bits per heavy atom. The van der Waals surface area contributed by atoms with Crippen molar-refractivity contribution in [1.82, 2.24) is 5.32 Å². The van der Waals surface area contributed by atoms with Gasteiger partial charge in [0.15, 0.2) is 24.7 Å². The third-order valence-corrected chi connectivity index (χ3v) is 12.1. The molecule has 376 valence electrons. The zero-order valence-electron chi connectivity index (χ0n) is 38.5. The van der Waals surface area contributed by atoms with Crippen molar-refractivity contribution in [2.75, 3.05) is 46.2 Å². The molecule has 0 radical (unpaired) electrons. The highest BCUT2D eigenvalue weighted by molar-refractivity contribution is 5.79. The van der Waals surface area contributed by atoms with Crippen LogP contribution >= 0.6 is 0 Å². The Morgan fingerprint density at radius 3 is 1.66 bits per heavy atom. The van der Waals surface area contributed by atoms with Crippen LogP contribution in [0.15, 0.2) is 0 Å². The molecule has 0 aromatic carbocycles. The number of aliphatic hydroxyl groups is 8. The minimum absolute atomic E-state index is 0.0233. The molecule has 0 aromatic rings. The van der Waals surface area contributed by atoms with Crippen molar-refractivity contribution >= 4 is 11.7 Å². The summed E-state index contributed by atoms with van der Waals surface area (Å²) in [6, 6.07) is -1.43. The van der Waals surface area contributed by atoms with Crippen LogP contribution in [0.2, 0.25) is 0 Å². The summed E-state index contributed by atoms with van der Waals surface area (Å²) in [5, 5.41) is 86.7. The maximum absolute atomic E-state index is 12.5. The number of amides is 1. The molecule has 0 aliphatic carbocycles. The highest BCUT2D eigenvalue weighted by atomic mass is 16.8. The number of Topliss-reactive ketones (excluding diaryl/α,β-unsaturated/α-hetero) is 1. The minimum atomic E-state index is -1.80. The van der Waals surface area contributed by atoms with E-state index in [-0.39, 0.29) is 25.4 Å². The zero-order chi connectivity index (χ0) is 46.9. The first kappa shape index (κ1) is 56.8. The highest BCUT2D eigenvalue weighted by Crippen LogP contribution is 2.34. The van der Waals surface area contributed by atoms with Crippen LogP contribution in [0.25, 0.3) is 0 Å². The molecule has 9 N–H and O–H groups in total. The molecule has 0 aromatic heterocycles. The third-order valence-electron chi connectivity index (χ3n) is 12.1. The van der Waals surface area contributed by atoms with Gasteiger partial charge in [-0.1, -0.05) is 96.8 Å². The topological polar surface area (TPSA) is 282 Å². The summed E-state index contributed by atoms with van der Waals surface area (Å²) < 4.78 is 46.6. The van der Waals surface area contributed by atoms with Gasteiger partial charge < -0.3 is 84.1 Å². The molecule has 0 saturated carbocycles. The van der Waals surface area contributed by atoms with Crippen LogP contribution in [0.4, 0.5) is 0 Å². The highest BCUT2D eigenvalue weighted by Gasteiger charge is 2.54. The molecule has 3 aliphatic rings. The van der Waals surface area contributed by atoms with Crippen molar-refractivity contribution in [3.05, 3.63) is 0 Å². The van der Waals surface area contributed by atoms with E-state index < -0.39 is 111 Å². The standard InChI is InChI=1S/C45H83NO18/c1-4-5-6-7-8-9-10-11-12-13-14-15-16-17-19-22-57-24-25-58-28-31(50)21-18-20-23-59-45-42(64-44-40(56)39(55)35(51)29(2)60-44)41(37(53)33(27-48)62-45)63-43-34(46-30(3)49)38(54)36(52)32(26-47)61-43/h29,32-45,47-48,51-56H,4-28H2,1-3H3,(H,46,49)/t29?,32?,33?,34?,35-,36+,37+,38-,39+,40?,41+,42?,43-,44+,45-/m1/s1. The second kappa shape index (κ2) is 32.3. The molecular weight excluding hydrogens is 842 g/mol. The van der Waals surface area contributed by atoms with Crippen LogP contribution in [0.5, 0.6) is 0 Å². The van der Waals surface area contributed by atoms with Gasteiger partial charge in [-0.3, -0.25) is 9.59 Å². The molecule has 0 bridgehead atoms. The van der Waals surface area contributed by atoms with Crippen molar-refractivity contribution in [3.8, 4) is 0 Å². The monoisotopic (exact) mass is 926 g/mol. The normalized spacial score (nSPS) is 33.3. The Labute approximate surface area is 379 Å². The fourth-order valence-corrected chi connectivity index (χ4v) is 8.18. The number of carbonyl (C=O) groups is 2. The molecule has 3 heterocycles. The van der Waals surface area contributed by atoms with Gasteiger partial charge in [-0.25, -0.2) is 0 Å². The molecular formula is C45H83NO18. The number of ketones is 1. The van der Waals surface area contributed by atoms with Gasteiger partial charge in [-0.05, 0) is 26.2 Å². The summed E-state index contributed by atoms with van der Waals surface area (Å²) in [4.78, 5) is 24.6. The van der Waals surface area contributed by atoms with E-state index in [1.807, 2.05) is 0 Å². The zero-order valence-corrected chi connectivity index (χ0v) is 38.5. The van der Waals surface area contributed by atoms with Gasteiger partial charge in [-0.2, -0.15) is 0 Å². The minimum Gasteiger partial charge on any atom is -0.394 e. The fourth-order valence-electron chi connectivity index (χ4n) is 8.18. The van der Waals surface area contributed by atoms with Crippen molar-refractivity contribution in [1.29, 1.82) is 0 Å². The first-order valence-electron chi connectivity index (χ1n) is 24.0. The van der Waals surface area contributed by atoms with Gasteiger partial charge in [0.25, 0.3) is 0 Å². The Bertz CT molecular complexity index is 1240. The van der Waals surface area contributed by atoms with Crippen LogP contribution in [-0.4, -0.2) is 191 Å². The van der Waals surface area contributed by atoms with E-state index in [2.05, 4.69) is 12.2 Å². The number of nitrogens with one attached hydrogen (secondary N) is 1. The van der Waals surface area contributed by atoms with Crippen molar-refractivity contribution < 1.29 is 88.3 Å². The van der Waals surface area contributed by atoms with Gasteiger partial charge in [0.05, 0.1) is 32.5 Å². The average Bonchev–Trinajstić information content (AvgIpc) is 3.27. The van der Waals surface area contributed by atoms with E-state index in [1.54, 1.807) is 0 Å². The van der Waals surface area contributed by atoms with Gasteiger partial charge in [0, 0.05) is 26.6 Å². The van der Waals surface area contributed by atoms with E-state index in [4.69, 9.17) is 37.9 Å². The summed E-state index contributed by atoms with van der Waals surface area (Å²) in [6.07, 6.45) is -1.09. The summed E-state index contributed by atoms with van der Waals surface area (Å²) >= 11 is 0. The van der Waals surface area contributed by atoms with E-state index in [1.165, 1.54) is 90.4 Å². The van der Waals surface area contributed by atoms with Gasteiger partial charge in [0.2, 0.25) is 5.91 Å². The molecule has 1 amide bonds. The molecule has 3 rings (SSSR count). The van der Waals surface area contributed by atoms with Crippen LogP contribution < -0.4 is 5.32 Å². The quantitative estimate of drug-likeness (QED) is 0.0411. The molecule has 3 fully saturated rings. The van der Waals surface area contributed by atoms with Gasteiger partial charge in [-0.15, -0.1) is 0 Å². The number of unbranched alkanes of at least 4 members (excludes halogenated alkanes) is 15. The number of hydrogen-bond acceptors (Lipinski definition) is 18. The molecule has 19 nitrogen and oxygen atoms in total. The summed E-state index contributed by atoms with van der Waals surface area (Å²) in [6.45, 7) is 4.64. The number of hydrogen-bond donors (Lipinski definition) is 9. The largest absolute Gasteiger partial charge is 0.394 e. The summed E-state index contributed by atoms with van der Waals surface area (Å²) in [5.74, 6) is -0.742. The Balaban J connectivity index is 1.41. The van der Waals surface area contributed by atoms with E-state index >= 15 is 0 Å². The number of ether oxygens (including phenoxy) is 8. The smallest absolute Gasteiger partial charge is 0.217 e. The molecule has 0 spiro atoms. The molecule has 3 saturated heterocycles. The fraction of sp³-hybridized carbons (Fsp3) is 0.956. The predicted molar refractivity (Wildman–Crippen MR) is 231 cm³/mol. The average molecular weight is 926 g/mol. The summed E-state index contributed by atoms with van der Waals surface area (Å²) in [7, 11) is 0. The third kappa shape index (κ3) is 19.6. The van der Waals surface area contributed by atoms with Crippen LogP contribution in [-0.2, 0) is 47.5 Å². The van der Waals surface area contributed by atoms with Crippen LogP contribution in [0.1, 0.15) is 136 Å². The second-order valence-electron chi connectivity index (χ2n) is 17.5. The maximum atomic E-state index is 12.5. The van der Waals surface area contributed by atoms with E-state index in [0.717, 1.165) is 19.8 Å². The van der Waals surface area contributed by atoms with Gasteiger partial charge >= 0.3 is 0 Å². The van der Waals surface area contributed by atoms with Crippen molar-refractivity contribution in [3.63, 3.8) is 0 Å². The lowest BCUT2D eigenvalue weighted by Crippen LogP contribution is -2.68. The van der Waals surface area contributed by atoms with Gasteiger partial charge in [0.1, 0.15) is 73.7 Å². The van der Waals surface area contributed by atoms with Crippen molar-refractivity contribution in [2.45, 2.75) is 228 Å². The molecule has 15 atom stereocenters. The van der Waals surface area contributed by atoms with E-state index in [0.29, 0.717) is 32.7 Å². The Hall–Kier alpha value is -1.50. The Morgan fingerprint density at radius 1 is 0.531 bits per heavy atom. The predicted octanol–water partition coefficient (Wildman–Crippen LogP) is 1.27. The number of rotatable bonds is 34. The van der Waals surface area contributed by atoms with E-state index in [9.17, 15) is 50.4 Å². The second-order valence-corrected chi connectivity index (χ2v) is 17.5. The molecule has 6 unspecified atom stereocenters. The molecule has 3 aliphatic heterocycles. The summed E-state index contributed by atoms with van der Waals surface area (Å²) in [5.41, 5.74) is 0. The lowest BCUT2D eigenvalue weighted by molar-refractivity contribution is -0.385. The number of aliphatic hydroxyl groups excluding tert-OH is 8. The van der Waals surface area contributed by atoms with Crippen molar-refractivity contribution in [2.24, 2.45) is 0 Å². The molecule has 64 heavy (non-hydrogen) atoms. The molecule has 19 heteroatoms. The lowest BCUT2D eigenvalue weighted by Gasteiger charge is -2.49. The number of carbonyl (C=O) groups excluding carboxylic acids is 2. The first-order chi connectivity index (χ1) is 30.8. The SMILES string of the molecule is CCCCCCCCCCCCCCCCCOCCOCC(=O)CCCCO[C@@H]1OC(CO)[C@H](O)[C@H](O[C@H]2OC(CO)[C@H](O)[C@H](O)C2NC(C)=O)C1O[C@@H]1OC(C)[C@@H](O)[C@H](O)C1O. The first-order valence-corrected chi connectivity index (χ1v) is 24.0. The maximum Gasteiger partial charge on any atom is 0.217 e. The van der Waals surface area contributed by atoms with Crippen LogP contribution in [0, 0.1) is 0 Å². The van der Waals surface area contributed by atoms with Crippen LogP contribution in [0.3, 0.4) is 0 Å².